The van der Waals surface area contributed by atoms with E-state index in [0.717, 1.165) is 11.1 Å². The van der Waals surface area contributed by atoms with Crippen molar-refractivity contribution in [2.75, 3.05) is 7.11 Å². The molecule has 1 atom stereocenters. The Morgan fingerprint density at radius 3 is 2.94 bits per heavy atom. The van der Waals surface area contributed by atoms with Crippen LogP contribution >= 0.6 is 15.9 Å². The van der Waals surface area contributed by atoms with Crippen LogP contribution in [0.5, 0.6) is 5.75 Å². The minimum atomic E-state index is -0.282. The molecule has 0 amide bonds. The molecular weight excluding hydrogens is 272 g/mol. The van der Waals surface area contributed by atoms with Crippen LogP contribution in [0.25, 0.3) is 0 Å². The first kappa shape index (κ1) is 11.2. The average molecular weight is 283 g/mol. The molecule has 0 saturated carbocycles. The van der Waals surface area contributed by atoms with Crippen molar-refractivity contribution < 1.29 is 9.15 Å². The summed E-state index contributed by atoms with van der Waals surface area (Å²) < 4.78 is 10.9. The zero-order valence-corrected chi connectivity index (χ0v) is 10.3. The van der Waals surface area contributed by atoms with Crippen molar-refractivity contribution in [3.05, 3.63) is 46.6 Å². The van der Waals surface area contributed by atoms with Crippen molar-refractivity contribution >= 4 is 15.9 Å². The highest BCUT2D eigenvalue weighted by Crippen LogP contribution is 2.28. The predicted octanol–water partition coefficient (Wildman–Crippen LogP) is 2.49. The molecule has 0 radical (unpaired) electrons. The molecule has 5 heteroatoms. The zero-order valence-electron chi connectivity index (χ0n) is 8.68. The summed E-state index contributed by atoms with van der Waals surface area (Å²) in [5.74, 6) is 0.688. The van der Waals surface area contributed by atoms with E-state index in [0.29, 0.717) is 10.4 Å². The van der Waals surface area contributed by atoms with Crippen LogP contribution in [-0.4, -0.2) is 12.1 Å². The van der Waals surface area contributed by atoms with Gasteiger partial charge in [-0.2, -0.15) is 0 Å². The summed E-state index contributed by atoms with van der Waals surface area (Å²) in [5.41, 5.74) is 7.86. The normalized spacial score (nSPS) is 12.4. The van der Waals surface area contributed by atoms with E-state index in [1.54, 1.807) is 25.8 Å². The minimum Gasteiger partial charge on any atom is -0.495 e. The van der Waals surface area contributed by atoms with Gasteiger partial charge >= 0.3 is 0 Å². The third-order valence-electron chi connectivity index (χ3n) is 2.31. The highest BCUT2D eigenvalue weighted by molar-refractivity contribution is 9.10. The molecule has 0 fully saturated rings. The molecule has 2 aromatic heterocycles. The van der Waals surface area contributed by atoms with Gasteiger partial charge in [0.1, 0.15) is 5.75 Å². The highest BCUT2D eigenvalue weighted by atomic mass is 79.9. The Morgan fingerprint density at radius 1 is 1.50 bits per heavy atom. The molecular formula is C11H11BrN2O2. The van der Waals surface area contributed by atoms with Crippen molar-refractivity contribution in [2.45, 2.75) is 6.04 Å². The second-order valence-electron chi connectivity index (χ2n) is 3.29. The van der Waals surface area contributed by atoms with Gasteiger partial charge < -0.3 is 14.9 Å². The van der Waals surface area contributed by atoms with Gasteiger partial charge in [-0.25, -0.2) is 0 Å². The fourth-order valence-electron chi connectivity index (χ4n) is 1.42. The summed E-state index contributed by atoms with van der Waals surface area (Å²) in [4.78, 5) is 4.07. The second-order valence-corrected chi connectivity index (χ2v) is 4.01. The molecule has 1 unspecified atom stereocenters. The number of pyridine rings is 1. The third-order valence-corrected chi connectivity index (χ3v) is 2.96. The van der Waals surface area contributed by atoms with E-state index in [4.69, 9.17) is 14.9 Å². The maximum absolute atomic E-state index is 6.10. The predicted molar refractivity (Wildman–Crippen MR) is 63.2 cm³/mol. The number of nitrogens with zero attached hydrogens (tertiary/aromatic N) is 1. The Morgan fingerprint density at radius 2 is 2.31 bits per heavy atom. The number of methoxy groups -OCH3 is 1. The van der Waals surface area contributed by atoms with Crippen molar-refractivity contribution in [1.82, 2.24) is 4.98 Å². The molecule has 0 aromatic carbocycles. The number of furan rings is 1. The van der Waals surface area contributed by atoms with Crippen LogP contribution < -0.4 is 10.5 Å². The van der Waals surface area contributed by atoms with Crippen LogP contribution in [0.4, 0.5) is 0 Å². The largest absolute Gasteiger partial charge is 0.495 e. The maximum atomic E-state index is 6.10. The van der Waals surface area contributed by atoms with Gasteiger partial charge in [-0.05, 0) is 33.6 Å². The number of hydrogen-bond donors (Lipinski definition) is 1. The van der Waals surface area contributed by atoms with E-state index in [9.17, 15) is 0 Å². The van der Waals surface area contributed by atoms with Crippen molar-refractivity contribution in [3.8, 4) is 5.75 Å². The van der Waals surface area contributed by atoms with Gasteiger partial charge in [0.05, 0.1) is 25.6 Å². The zero-order chi connectivity index (χ0) is 11.5. The lowest BCUT2D eigenvalue weighted by Crippen LogP contribution is -2.11. The fourth-order valence-corrected chi connectivity index (χ4v) is 1.91. The third kappa shape index (κ3) is 2.10. The molecule has 0 aliphatic rings. The quantitative estimate of drug-likeness (QED) is 0.940. The Bertz CT molecular complexity index is 484. The lowest BCUT2D eigenvalue weighted by atomic mass is 10.0. The summed E-state index contributed by atoms with van der Waals surface area (Å²) in [6, 6.07) is 3.40. The van der Waals surface area contributed by atoms with Gasteiger partial charge in [-0.1, -0.05) is 0 Å². The molecule has 0 aliphatic heterocycles. The van der Waals surface area contributed by atoms with E-state index in [-0.39, 0.29) is 6.04 Å². The Balaban J connectivity index is 2.33. The molecule has 4 nitrogen and oxygen atoms in total. The van der Waals surface area contributed by atoms with E-state index < -0.39 is 0 Å². The number of nitrogens with two attached hydrogens (primary N) is 1. The molecule has 0 aliphatic carbocycles. The number of halogens is 1. The summed E-state index contributed by atoms with van der Waals surface area (Å²) >= 11 is 3.30. The van der Waals surface area contributed by atoms with Gasteiger partial charge in [0.15, 0.2) is 4.67 Å². The standard InChI is InChI=1S/C11H11BrN2O2/c1-15-8-4-7(5-14-6-8)10(13)9-2-3-16-11(9)12/h2-6,10H,13H2,1H3. The molecule has 2 aromatic rings. The lowest BCUT2D eigenvalue weighted by molar-refractivity contribution is 0.412. The van der Waals surface area contributed by atoms with E-state index in [1.807, 2.05) is 12.1 Å². The van der Waals surface area contributed by atoms with Crippen LogP contribution in [0.1, 0.15) is 17.2 Å². The van der Waals surface area contributed by atoms with Gasteiger partial charge in [-0.3, -0.25) is 4.98 Å². The van der Waals surface area contributed by atoms with Crippen molar-refractivity contribution in [2.24, 2.45) is 5.73 Å². The fraction of sp³-hybridized carbons (Fsp3) is 0.182. The van der Waals surface area contributed by atoms with Gasteiger partial charge in [-0.15, -0.1) is 0 Å². The molecule has 2 N–H and O–H groups in total. The van der Waals surface area contributed by atoms with Crippen LogP contribution in [0, 0.1) is 0 Å². The van der Waals surface area contributed by atoms with Crippen molar-refractivity contribution in [3.63, 3.8) is 0 Å². The van der Waals surface area contributed by atoms with Crippen molar-refractivity contribution in [1.29, 1.82) is 0 Å². The molecule has 84 valence electrons. The first-order valence-corrected chi connectivity index (χ1v) is 5.49. The summed E-state index contributed by atoms with van der Waals surface area (Å²) in [7, 11) is 1.60. The SMILES string of the molecule is COc1cncc(C(N)c2ccoc2Br)c1. The van der Waals surface area contributed by atoms with Crippen LogP contribution in [-0.2, 0) is 0 Å². The topological polar surface area (TPSA) is 61.3 Å². The Hall–Kier alpha value is -1.33. The molecule has 0 saturated heterocycles. The molecule has 0 bridgehead atoms. The molecule has 0 spiro atoms. The number of rotatable bonds is 3. The number of hydrogen-bond acceptors (Lipinski definition) is 4. The van der Waals surface area contributed by atoms with Gasteiger partial charge in [0.2, 0.25) is 0 Å². The first-order chi connectivity index (χ1) is 7.72. The Labute approximate surface area is 102 Å². The van der Waals surface area contributed by atoms with Crippen LogP contribution in [0.15, 0.2) is 39.9 Å². The maximum Gasteiger partial charge on any atom is 0.174 e. The van der Waals surface area contributed by atoms with E-state index >= 15 is 0 Å². The van der Waals surface area contributed by atoms with Crippen LogP contribution in [0.2, 0.25) is 0 Å². The smallest absolute Gasteiger partial charge is 0.174 e. The first-order valence-electron chi connectivity index (χ1n) is 4.69. The molecule has 16 heavy (non-hydrogen) atoms. The lowest BCUT2D eigenvalue weighted by Gasteiger charge is -2.11. The Kier molecular flexibility index (Phi) is 3.26. The average Bonchev–Trinajstić information content (AvgIpc) is 2.74. The number of aromatic nitrogens is 1. The van der Waals surface area contributed by atoms with Gasteiger partial charge in [0, 0.05) is 11.8 Å². The summed E-state index contributed by atoms with van der Waals surface area (Å²) in [6.45, 7) is 0. The highest BCUT2D eigenvalue weighted by Gasteiger charge is 2.15. The molecule has 2 rings (SSSR count). The van der Waals surface area contributed by atoms with E-state index in [2.05, 4.69) is 20.9 Å². The van der Waals surface area contributed by atoms with Gasteiger partial charge in [0.25, 0.3) is 0 Å². The monoisotopic (exact) mass is 282 g/mol. The summed E-state index contributed by atoms with van der Waals surface area (Å²) in [5, 5.41) is 0. The molecule has 2 heterocycles. The van der Waals surface area contributed by atoms with Crippen LogP contribution in [0.3, 0.4) is 0 Å². The summed E-state index contributed by atoms with van der Waals surface area (Å²) in [6.07, 6.45) is 4.94. The second kappa shape index (κ2) is 4.67. The minimum absolute atomic E-state index is 0.282. The van der Waals surface area contributed by atoms with E-state index in [1.165, 1.54) is 0 Å². The number of ether oxygens (including phenoxy) is 1.